The Kier molecular flexibility index (Phi) is 4.79. The van der Waals surface area contributed by atoms with E-state index in [0.29, 0.717) is 21.6 Å². The molecule has 2 aromatic carbocycles. The van der Waals surface area contributed by atoms with Crippen molar-refractivity contribution in [1.82, 2.24) is 9.97 Å². The van der Waals surface area contributed by atoms with Crippen molar-refractivity contribution in [2.75, 3.05) is 12.9 Å². The third-order valence-electron chi connectivity index (χ3n) is 3.24. The molecule has 1 aromatic heterocycles. The number of ketones is 1. The van der Waals surface area contributed by atoms with E-state index >= 15 is 0 Å². The monoisotopic (exact) mass is 344 g/mol. The van der Waals surface area contributed by atoms with Gasteiger partial charge >= 0.3 is 0 Å². The van der Waals surface area contributed by atoms with Crippen LogP contribution in [-0.2, 0) is 0 Å². The first-order chi connectivity index (χ1) is 11.2. The van der Waals surface area contributed by atoms with Crippen molar-refractivity contribution in [2.45, 2.75) is 5.16 Å². The molecule has 4 nitrogen and oxygen atoms in total. The number of thioether (sulfide) groups is 1. The van der Waals surface area contributed by atoms with Crippen LogP contribution in [0.2, 0.25) is 5.02 Å². The number of nitrogens with zero attached hydrogens (tertiary/aromatic N) is 2. The Morgan fingerprint density at radius 2 is 1.87 bits per heavy atom. The maximum atomic E-state index is 12.2. The quantitative estimate of drug-likeness (QED) is 0.393. The molecule has 0 aliphatic rings. The van der Waals surface area contributed by atoms with E-state index < -0.39 is 0 Å². The first-order valence-electron chi connectivity index (χ1n) is 6.89. The third kappa shape index (κ3) is 3.63. The van der Waals surface area contributed by atoms with Gasteiger partial charge in [0.25, 0.3) is 0 Å². The average Bonchev–Trinajstić information content (AvgIpc) is 2.59. The number of hydrogen-bond donors (Lipinski definition) is 0. The van der Waals surface area contributed by atoms with Gasteiger partial charge in [0, 0.05) is 10.6 Å². The minimum atomic E-state index is -0.130. The molecule has 0 atom stereocenters. The number of rotatable bonds is 5. The van der Waals surface area contributed by atoms with Crippen LogP contribution in [0.25, 0.3) is 10.9 Å². The van der Waals surface area contributed by atoms with Crippen LogP contribution in [0.3, 0.4) is 0 Å². The van der Waals surface area contributed by atoms with Crippen LogP contribution in [0.4, 0.5) is 0 Å². The molecule has 23 heavy (non-hydrogen) atoms. The van der Waals surface area contributed by atoms with Gasteiger partial charge in [-0.1, -0.05) is 35.5 Å². The molecule has 116 valence electrons. The van der Waals surface area contributed by atoms with Crippen molar-refractivity contribution in [3.8, 4) is 5.88 Å². The summed E-state index contributed by atoms with van der Waals surface area (Å²) in [6, 6.07) is 14.3. The zero-order chi connectivity index (χ0) is 16.2. The number of benzene rings is 2. The molecule has 0 spiro atoms. The Hall–Kier alpha value is -2.11. The number of fused-ring (bicyclic) bond motifs is 1. The molecule has 0 aliphatic heterocycles. The molecule has 6 heteroatoms. The fourth-order valence-corrected chi connectivity index (χ4v) is 2.57. The average molecular weight is 345 g/mol. The lowest BCUT2D eigenvalue weighted by molar-refractivity contribution is 0.0919. The molecule has 1 heterocycles. The predicted molar refractivity (Wildman–Crippen MR) is 92.6 cm³/mol. The normalized spacial score (nSPS) is 10.7. The maximum absolute atomic E-state index is 12.2. The molecule has 0 fully saturated rings. The summed E-state index contributed by atoms with van der Waals surface area (Å²) in [5, 5.41) is 1.99. The summed E-state index contributed by atoms with van der Waals surface area (Å²) >= 11 is 7.25. The lowest BCUT2D eigenvalue weighted by Gasteiger charge is -2.09. The van der Waals surface area contributed by atoms with E-state index in [0.717, 1.165) is 10.9 Å². The number of aromatic nitrogens is 2. The van der Waals surface area contributed by atoms with Crippen molar-refractivity contribution < 1.29 is 9.53 Å². The van der Waals surface area contributed by atoms with Crippen molar-refractivity contribution in [3.63, 3.8) is 0 Å². The molecule has 0 radical (unpaired) electrons. The SMILES string of the molecule is CSc1nc(OCC(=O)c2ccc(Cl)cc2)c2ccccc2n1. The van der Waals surface area contributed by atoms with E-state index in [-0.39, 0.29) is 12.4 Å². The Morgan fingerprint density at radius 1 is 1.13 bits per heavy atom. The molecule has 0 N–H and O–H groups in total. The number of halogens is 1. The van der Waals surface area contributed by atoms with Crippen LogP contribution in [0.5, 0.6) is 5.88 Å². The largest absolute Gasteiger partial charge is 0.469 e. The van der Waals surface area contributed by atoms with Gasteiger partial charge in [0.05, 0.1) is 10.9 Å². The van der Waals surface area contributed by atoms with Crippen molar-refractivity contribution in [3.05, 3.63) is 59.1 Å². The molecule has 3 rings (SSSR count). The Labute approximate surface area is 142 Å². The zero-order valence-corrected chi connectivity index (χ0v) is 13.9. The second-order valence-corrected chi connectivity index (χ2v) is 5.96. The van der Waals surface area contributed by atoms with E-state index in [2.05, 4.69) is 9.97 Å². The topological polar surface area (TPSA) is 52.1 Å². The fraction of sp³-hybridized carbons (Fsp3) is 0.118. The predicted octanol–water partition coefficient (Wildman–Crippen LogP) is 4.27. The van der Waals surface area contributed by atoms with E-state index in [1.165, 1.54) is 11.8 Å². The minimum absolute atomic E-state index is 0.0868. The van der Waals surface area contributed by atoms with Crippen LogP contribution in [0.15, 0.2) is 53.7 Å². The molecule has 0 bridgehead atoms. The van der Waals surface area contributed by atoms with Crippen molar-refractivity contribution in [1.29, 1.82) is 0 Å². The van der Waals surface area contributed by atoms with E-state index in [1.54, 1.807) is 24.3 Å². The van der Waals surface area contributed by atoms with E-state index in [1.807, 2.05) is 30.5 Å². The zero-order valence-electron chi connectivity index (χ0n) is 12.3. The summed E-state index contributed by atoms with van der Waals surface area (Å²) in [5.74, 6) is 0.289. The summed E-state index contributed by atoms with van der Waals surface area (Å²) in [5.41, 5.74) is 1.35. The van der Waals surface area contributed by atoms with Gasteiger partial charge in [-0.25, -0.2) is 4.98 Å². The summed E-state index contributed by atoms with van der Waals surface area (Å²) in [6.07, 6.45) is 1.90. The van der Waals surface area contributed by atoms with Crippen LogP contribution in [0, 0.1) is 0 Å². The van der Waals surface area contributed by atoms with Gasteiger partial charge < -0.3 is 4.74 Å². The van der Waals surface area contributed by atoms with Crippen LogP contribution < -0.4 is 4.74 Å². The highest BCUT2D eigenvalue weighted by atomic mass is 35.5. The lowest BCUT2D eigenvalue weighted by atomic mass is 10.1. The van der Waals surface area contributed by atoms with Gasteiger partial charge in [0.15, 0.2) is 17.5 Å². The Bertz CT molecular complexity index is 853. The number of Topliss-reactive ketones (excluding diaryl/α,β-unsaturated/α-hetero) is 1. The standard InChI is InChI=1S/C17H13ClN2O2S/c1-23-17-19-14-5-3-2-4-13(14)16(20-17)22-10-15(21)11-6-8-12(18)9-7-11/h2-9H,10H2,1H3. The first kappa shape index (κ1) is 15.8. The van der Waals surface area contributed by atoms with Crippen LogP contribution >= 0.6 is 23.4 Å². The molecule has 3 aromatic rings. The molecule has 0 saturated carbocycles. The number of carbonyl (C=O) groups excluding carboxylic acids is 1. The van der Waals surface area contributed by atoms with Crippen LogP contribution in [-0.4, -0.2) is 28.6 Å². The molecule has 0 unspecified atom stereocenters. The third-order valence-corrected chi connectivity index (χ3v) is 4.04. The number of para-hydroxylation sites is 1. The van der Waals surface area contributed by atoms with Gasteiger partial charge in [-0.2, -0.15) is 4.98 Å². The van der Waals surface area contributed by atoms with Crippen LogP contribution in [0.1, 0.15) is 10.4 Å². The van der Waals surface area contributed by atoms with Crippen molar-refractivity contribution in [2.24, 2.45) is 0 Å². The second-order valence-electron chi connectivity index (χ2n) is 4.75. The van der Waals surface area contributed by atoms with Gasteiger partial charge in [-0.15, -0.1) is 0 Å². The van der Waals surface area contributed by atoms with E-state index in [4.69, 9.17) is 16.3 Å². The van der Waals surface area contributed by atoms with Gasteiger partial charge in [0.2, 0.25) is 5.88 Å². The van der Waals surface area contributed by atoms with Crippen molar-refractivity contribution >= 4 is 40.0 Å². The first-order valence-corrected chi connectivity index (χ1v) is 8.50. The molecular weight excluding hydrogens is 332 g/mol. The maximum Gasteiger partial charge on any atom is 0.225 e. The minimum Gasteiger partial charge on any atom is -0.469 e. The highest BCUT2D eigenvalue weighted by Gasteiger charge is 2.11. The fourth-order valence-electron chi connectivity index (χ4n) is 2.08. The highest BCUT2D eigenvalue weighted by molar-refractivity contribution is 7.98. The number of carbonyl (C=O) groups is 1. The number of hydrogen-bond acceptors (Lipinski definition) is 5. The summed E-state index contributed by atoms with van der Waals surface area (Å²) in [7, 11) is 0. The second kappa shape index (κ2) is 6.98. The van der Waals surface area contributed by atoms with Gasteiger partial charge in [0.1, 0.15) is 0 Å². The number of ether oxygens (including phenoxy) is 1. The molecular formula is C17H13ClN2O2S. The molecule has 0 amide bonds. The Balaban J connectivity index is 1.83. The lowest BCUT2D eigenvalue weighted by Crippen LogP contribution is -2.12. The van der Waals surface area contributed by atoms with Gasteiger partial charge in [-0.05, 0) is 42.7 Å². The highest BCUT2D eigenvalue weighted by Crippen LogP contribution is 2.25. The van der Waals surface area contributed by atoms with Gasteiger partial charge in [-0.3, -0.25) is 4.79 Å². The Morgan fingerprint density at radius 3 is 2.61 bits per heavy atom. The summed E-state index contributed by atoms with van der Waals surface area (Å²) < 4.78 is 5.66. The molecule has 0 aliphatic carbocycles. The van der Waals surface area contributed by atoms with E-state index in [9.17, 15) is 4.79 Å². The summed E-state index contributed by atoms with van der Waals surface area (Å²) in [6.45, 7) is -0.0868. The molecule has 0 saturated heterocycles. The summed E-state index contributed by atoms with van der Waals surface area (Å²) in [4.78, 5) is 21.0. The smallest absolute Gasteiger partial charge is 0.225 e.